The molecule has 0 aliphatic heterocycles. The van der Waals surface area contributed by atoms with E-state index in [9.17, 15) is 13.2 Å². The number of nitrogens with one attached hydrogen (secondary N) is 1. The normalized spacial score (nSPS) is 12.1. The van der Waals surface area contributed by atoms with Gasteiger partial charge in [0, 0.05) is 11.1 Å². The van der Waals surface area contributed by atoms with Gasteiger partial charge in [0.15, 0.2) is 0 Å². The summed E-state index contributed by atoms with van der Waals surface area (Å²) in [6.07, 6.45) is 1.20. The molecule has 0 fully saturated rings. The molecule has 7 nitrogen and oxygen atoms in total. The van der Waals surface area contributed by atoms with Crippen molar-refractivity contribution in [2.45, 2.75) is 33.4 Å². The molecule has 0 bridgehead atoms. The Morgan fingerprint density at radius 2 is 1.66 bits per heavy atom. The summed E-state index contributed by atoms with van der Waals surface area (Å²) in [5.74, 6) is 1.08. The number of methoxy groups -OCH3 is 2. The summed E-state index contributed by atoms with van der Waals surface area (Å²) < 4.78 is 37.3. The Balaban J connectivity index is 1.78. The first-order chi connectivity index (χ1) is 16.5. The van der Waals surface area contributed by atoms with E-state index in [0.717, 1.165) is 22.3 Å². The molecule has 0 aliphatic carbocycles. The number of carbonyl (C=O) groups is 1. The van der Waals surface area contributed by atoms with Crippen LogP contribution in [-0.4, -0.2) is 34.8 Å². The average Bonchev–Trinajstić information content (AvgIpc) is 2.83. The number of hydrogen-bond acceptors (Lipinski definition) is 5. The Hall–Kier alpha value is -3.52. The number of amides is 1. The van der Waals surface area contributed by atoms with Crippen LogP contribution in [0, 0.1) is 13.8 Å². The topological polar surface area (TPSA) is 84.9 Å². The number of ether oxygens (including phenoxy) is 2. The summed E-state index contributed by atoms with van der Waals surface area (Å²) in [7, 11) is -0.344. The van der Waals surface area contributed by atoms with Gasteiger partial charge in [-0.05, 0) is 73.9 Å². The van der Waals surface area contributed by atoms with Crippen molar-refractivity contribution in [3.05, 3.63) is 88.5 Å². The summed E-state index contributed by atoms with van der Waals surface area (Å²) in [5.41, 5.74) is 4.55. The second-order valence-electron chi connectivity index (χ2n) is 8.56. The SMILES string of the molecule is COc1ccc(OC)c([C@@H](C)NC(=O)c2ccc(CN(c3cc(C)ccc3C)S(C)(=O)=O)cc2)c1. The molecule has 0 aromatic heterocycles. The van der Waals surface area contributed by atoms with Gasteiger partial charge in [0.2, 0.25) is 10.0 Å². The van der Waals surface area contributed by atoms with Gasteiger partial charge in [0.1, 0.15) is 11.5 Å². The molecule has 0 unspecified atom stereocenters. The minimum atomic E-state index is -3.51. The molecular formula is C27H32N2O5S. The fourth-order valence-electron chi connectivity index (χ4n) is 3.83. The lowest BCUT2D eigenvalue weighted by Gasteiger charge is -2.25. The number of hydrogen-bond donors (Lipinski definition) is 1. The molecule has 0 saturated carbocycles. The maximum absolute atomic E-state index is 12.9. The maximum atomic E-state index is 12.9. The van der Waals surface area contributed by atoms with E-state index in [1.54, 1.807) is 50.6 Å². The number of aryl methyl sites for hydroxylation is 2. The zero-order valence-corrected chi connectivity index (χ0v) is 21.8. The number of sulfonamides is 1. The minimum Gasteiger partial charge on any atom is -0.497 e. The molecule has 0 spiro atoms. The van der Waals surface area contributed by atoms with Crippen LogP contribution in [0.2, 0.25) is 0 Å². The fraction of sp³-hybridized carbons (Fsp3) is 0.296. The summed E-state index contributed by atoms with van der Waals surface area (Å²) in [6, 6.07) is 17.8. The lowest BCUT2D eigenvalue weighted by atomic mass is 10.1. The second-order valence-corrected chi connectivity index (χ2v) is 10.5. The van der Waals surface area contributed by atoms with Gasteiger partial charge in [-0.2, -0.15) is 0 Å². The molecule has 35 heavy (non-hydrogen) atoms. The minimum absolute atomic E-state index is 0.169. The number of carbonyl (C=O) groups excluding carboxylic acids is 1. The predicted molar refractivity (Wildman–Crippen MR) is 139 cm³/mol. The standard InChI is InChI=1S/C27H32N2O5S/c1-18-7-8-19(2)25(15-18)29(35(6,31)32)17-21-9-11-22(12-10-21)27(30)28-20(3)24-16-23(33-4)13-14-26(24)34-5/h7-16,20H,17H2,1-6H3,(H,28,30)/t20-/m1/s1. The molecular weight excluding hydrogens is 464 g/mol. The molecule has 0 aliphatic rings. The predicted octanol–water partition coefficient (Wildman–Crippen LogP) is 4.78. The largest absolute Gasteiger partial charge is 0.497 e. The molecule has 8 heteroatoms. The van der Waals surface area contributed by atoms with Crippen LogP contribution in [-0.2, 0) is 16.6 Å². The smallest absolute Gasteiger partial charge is 0.251 e. The Kier molecular flexibility index (Phi) is 8.07. The van der Waals surface area contributed by atoms with Crippen molar-refractivity contribution in [1.82, 2.24) is 5.32 Å². The first-order valence-corrected chi connectivity index (χ1v) is 13.0. The van der Waals surface area contributed by atoms with Crippen LogP contribution in [0.3, 0.4) is 0 Å². The van der Waals surface area contributed by atoms with Crippen molar-refractivity contribution in [2.75, 3.05) is 24.8 Å². The quantitative estimate of drug-likeness (QED) is 0.461. The Bertz CT molecular complexity index is 1300. The third-order valence-corrected chi connectivity index (χ3v) is 6.95. The van der Waals surface area contributed by atoms with E-state index in [0.29, 0.717) is 22.7 Å². The van der Waals surface area contributed by atoms with E-state index in [-0.39, 0.29) is 18.5 Å². The van der Waals surface area contributed by atoms with Crippen LogP contribution >= 0.6 is 0 Å². The highest BCUT2D eigenvalue weighted by Crippen LogP contribution is 2.30. The van der Waals surface area contributed by atoms with Gasteiger partial charge in [0.25, 0.3) is 5.91 Å². The van der Waals surface area contributed by atoms with E-state index in [2.05, 4.69) is 5.32 Å². The number of nitrogens with zero attached hydrogens (tertiary/aromatic N) is 1. The van der Waals surface area contributed by atoms with Crippen molar-refractivity contribution in [3.63, 3.8) is 0 Å². The van der Waals surface area contributed by atoms with Gasteiger partial charge in [-0.3, -0.25) is 9.10 Å². The van der Waals surface area contributed by atoms with E-state index in [1.165, 1.54) is 10.6 Å². The van der Waals surface area contributed by atoms with E-state index in [1.807, 2.05) is 45.0 Å². The van der Waals surface area contributed by atoms with Crippen molar-refractivity contribution >= 4 is 21.6 Å². The summed E-state index contributed by atoms with van der Waals surface area (Å²) >= 11 is 0. The van der Waals surface area contributed by atoms with Crippen LogP contribution < -0.4 is 19.1 Å². The molecule has 0 saturated heterocycles. The van der Waals surface area contributed by atoms with Crippen LogP contribution in [0.25, 0.3) is 0 Å². The molecule has 1 amide bonds. The molecule has 0 radical (unpaired) electrons. The van der Waals surface area contributed by atoms with Gasteiger partial charge < -0.3 is 14.8 Å². The molecule has 186 valence electrons. The highest BCUT2D eigenvalue weighted by molar-refractivity contribution is 7.92. The lowest BCUT2D eigenvalue weighted by molar-refractivity contribution is 0.0939. The van der Waals surface area contributed by atoms with E-state index < -0.39 is 10.0 Å². The van der Waals surface area contributed by atoms with Crippen molar-refractivity contribution in [3.8, 4) is 11.5 Å². The van der Waals surface area contributed by atoms with Gasteiger partial charge >= 0.3 is 0 Å². The van der Waals surface area contributed by atoms with Crippen LogP contribution in [0.1, 0.15) is 45.6 Å². The van der Waals surface area contributed by atoms with Gasteiger partial charge in [-0.15, -0.1) is 0 Å². The third kappa shape index (κ3) is 6.33. The van der Waals surface area contributed by atoms with Gasteiger partial charge in [-0.25, -0.2) is 8.42 Å². The van der Waals surface area contributed by atoms with Crippen LogP contribution in [0.15, 0.2) is 60.7 Å². The number of benzene rings is 3. The van der Waals surface area contributed by atoms with Crippen molar-refractivity contribution < 1.29 is 22.7 Å². The molecule has 0 heterocycles. The molecule has 1 N–H and O–H groups in total. The molecule has 3 aromatic rings. The van der Waals surface area contributed by atoms with E-state index >= 15 is 0 Å². The second kappa shape index (κ2) is 10.8. The molecule has 3 rings (SSSR count). The first-order valence-electron chi connectivity index (χ1n) is 11.2. The molecule has 3 aromatic carbocycles. The number of anilines is 1. The zero-order chi connectivity index (χ0) is 25.8. The highest BCUT2D eigenvalue weighted by Gasteiger charge is 2.21. The molecule has 1 atom stereocenters. The maximum Gasteiger partial charge on any atom is 0.251 e. The summed E-state index contributed by atoms with van der Waals surface area (Å²) in [4.78, 5) is 12.9. The Labute approximate surface area is 207 Å². The highest BCUT2D eigenvalue weighted by atomic mass is 32.2. The van der Waals surface area contributed by atoms with Crippen LogP contribution in [0.4, 0.5) is 5.69 Å². The Morgan fingerprint density at radius 3 is 2.26 bits per heavy atom. The summed E-state index contributed by atoms with van der Waals surface area (Å²) in [6.45, 7) is 5.86. The van der Waals surface area contributed by atoms with Crippen LogP contribution in [0.5, 0.6) is 11.5 Å². The monoisotopic (exact) mass is 496 g/mol. The number of rotatable bonds is 9. The van der Waals surface area contributed by atoms with Crippen molar-refractivity contribution in [1.29, 1.82) is 0 Å². The van der Waals surface area contributed by atoms with Crippen molar-refractivity contribution in [2.24, 2.45) is 0 Å². The zero-order valence-electron chi connectivity index (χ0n) is 21.0. The fourth-order valence-corrected chi connectivity index (χ4v) is 4.77. The average molecular weight is 497 g/mol. The van der Waals surface area contributed by atoms with E-state index in [4.69, 9.17) is 9.47 Å². The third-order valence-electron chi connectivity index (χ3n) is 5.83. The first kappa shape index (κ1) is 26.1. The van der Waals surface area contributed by atoms with Gasteiger partial charge in [-0.1, -0.05) is 24.3 Å². The van der Waals surface area contributed by atoms with Gasteiger partial charge in [0.05, 0.1) is 38.7 Å². The Morgan fingerprint density at radius 1 is 0.971 bits per heavy atom. The summed E-state index contributed by atoms with van der Waals surface area (Å²) in [5, 5.41) is 2.98. The lowest BCUT2D eigenvalue weighted by Crippen LogP contribution is -2.30.